The van der Waals surface area contributed by atoms with Crippen molar-refractivity contribution in [2.75, 3.05) is 7.11 Å². The van der Waals surface area contributed by atoms with Gasteiger partial charge in [0.05, 0.1) is 7.11 Å². The van der Waals surface area contributed by atoms with Gasteiger partial charge in [-0.05, 0) is 47.1 Å². The van der Waals surface area contributed by atoms with Gasteiger partial charge in [0.1, 0.15) is 17.3 Å². The normalized spacial score (nSPS) is 12.0. The minimum absolute atomic E-state index is 0.0559. The summed E-state index contributed by atoms with van der Waals surface area (Å²) in [5.41, 5.74) is -0.00261. The minimum Gasteiger partial charge on any atom is -0.464 e. The van der Waals surface area contributed by atoms with Crippen LogP contribution >= 0.6 is 0 Å². The summed E-state index contributed by atoms with van der Waals surface area (Å²) in [5.74, 6) is -1.18. The van der Waals surface area contributed by atoms with Crippen LogP contribution in [-0.2, 0) is 19.1 Å². The highest BCUT2D eigenvalue weighted by atomic mass is 16.6. The number of rotatable bonds is 4. The summed E-state index contributed by atoms with van der Waals surface area (Å²) >= 11 is 0. The molecule has 0 fully saturated rings. The number of allylic oxidation sites excluding steroid dienone is 1. The molecule has 2 N–H and O–H groups in total. The number of ether oxygens (including phenoxy) is 2. The molecule has 0 unspecified atom stereocenters. The zero-order valence-electron chi connectivity index (χ0n) is 13.6. The molecule has 0 bridgehead atoms. The van der Waals surface area contributed by atoms with Crippen LogP contribution in [0.15, 0.2) is 11.3 Å². The molecule has 0 aliphatic carbocycles. The molecule has 0 saturated carbocycles. The Morgan fingerprint density at radius 2 is 1.62 bits per heavy atom. The fourth-order valence-corrected chi connectivity index (χ4v) is 1.26. The molecule has 0 rings (SSSR count). The van der Waals surface area contributed by atoms with E-state index in [1.807, 2.05) is 0 Å². The Labute approximate surface area is 125 Å². The Kier molecular flexibility index (Phi) is 6.91. The first-order valence-corrected chi connectivity index (χ1v) is 6.54. The molecule has 2 amide bonds. The molecule has 21 heavy (non-hydrogen) atoms. The fourth-order valence-electron chi connectivity index (χ4n) is 1.26. The fraction of sp³-hybridized carbons (Fsp3) is 0.643. The van der Waals surface area contributed by atoms with E-state index in [2.05, 4.69) is 15.4 Å². The molecule has 120 valence electrons. The maximum atomic E-state index is 12.0. The van der Waals surface area contributed by atoms with Crippen LogP contribution in [-0.4, -0.2) is 36.7 Å². The van der Waals surface area contributed by atoms with E-state index in [1.165, 1.54) is 14.0 Å². The summed E-state index contributed by atoms with van der Waals surface area (Å²) in [7, 11) is 1.22. The molecule has 0 aliphatic rings. The highest BCUT2D eigenvalue weighted by molar-refractivity contribution is 5.96. The molecule has 7 nitrogen and oxygen atoms in total. The predicted octanol–water partition coefficient (Wildman–Crippen LogP) is 1.48. The van der Waals surface area contributed by atoms with Crippen molar-refractivity contribution in [2.24, 2.45) is 0 Å². The van der Waals surface area contributed by atoms with Gasteiger partial charge in [-0.25, -0.2) is 9.59 Å². The average Bonchev–Trinajstić information content (AvgIpc) is 2.31. The highest BCUT2D eigenvalue weighted by Crippen LogP contribution is 2.07. The summed E-state index contributed by atoms with van der Waals surface area (Å²) in [4.78, 5) is 35.0. The average molecular weight is 300 g/mol. The van der Waals surface area contributed by atoms with Crippen LogP contribution in [0.5, 0.6) is 0 Å². The molecule has 7 heteroatoms. The number of methoxy groups -OCH3 is 1. The zero-order valence-corrected chi connectivity index (χ0v) is 13.6. The molecule has 0 radical (unpaired) electrons. The van der Waals surface area contributed by atoms with Crippen LogP contribution in [0.3, 0.4) is 0 Å². The molecule has 0 aliphatic heterocycles. The third-order valence-electron chi connectivity index (χ3n) is 2.26. The Hall–Kier alpha value is -2.05. The summed E-state index contributed by atoms with van der Waals surface area (Å²) in [6.07, 6.45) is -0.707. The molecule has 0 aromatic rings. The van der Waals surface area contributed by atoms with Crippen molar-refractivity contribution in [2.45, 2.75) is 53.2 Å². The number of esters is 1. The van der Waals surface area contributed by atoms with Crippen molar-refractivity contribution in [1.29, 1.82) is 0 Å². The number of amides is 2. The third-order valence-corrected chi connectivity index (χ3v) is 2.26. The van der Waals surface area contributed by atoms with Crippen molar-refractivity contribution < 1.29 is 23.9 Å². The van der Waals surface area contributed by atoms with Gasteiger partial charge in [0.15, 0.2) is 0 Å². The van der Waals surface area contributed by atoms with E-state index in [4.69, 9.17) is 4.74 Å². The lowest BCUT2D eigenvalue weighted by Crippen LogP contribution is -2.47. The van der Waals surface area contributed by atoms with E-state index >= 15 is 0 Å². The van der Waals surface area contributed by atoms with Crippen LogP contribution in [0.2, 0.25) is 0 Å². The molecule has 0 aromatic heterocycles. The molecule has 0 heterocycles. The first kappa shape index (κ1) is 18.9. The lowest BCUT2D eigenvalue weighted by atomic mass is 10.2. The van der Waals surface area contributed by atoms with Gasteiger partial charge >= 0.3 is 12.1 Å². The summed E-state index contributed by atoms with van der Waals surface area (Å²) in [6.45, 7) is 9.97. The van der Waals surface area contributed by atoms with Crippen molar-refractivity contribution in [3.63, 3.8) is 0 Å². The molecule has 0 saturated heterocycles. The smallest absolute Gasteiger partial charge is 0.408 e. The Morgan fingerprint density at radius 1 is 1.10 bits per heavy atom. The molecular weight excluding hydrogens is 276 g/mol. The molecule has 0 aromatic carbocycles. The minimum atomic E-state index is -0.862. The van der Waals surface area contributed by atoms with Gasteiger partial charge in [-0.1, -0.05) is 0 Å². The molecule has 0 spiro atoms. The Bertz CT molecular complexity index is 445. The van der Waals surface area contributed by atoms with Crippen molar-refractivity contribution in [3.05, 3.63) is 11.3 Å². The van der Waals surface area contributed by atoms with E-state index in [0.29, 0.717) is 5.57 Å². The van der Waals surface area contributed by atoms with E-state index in [-0.39, 0.29) is 5.70 Å². The van der Waals surface area contributed by atoms with Crippen LogP contribution in [0.4, 0.5) is 4.79 Å². The third kappa shape index (κ3) is 7.34. The predicted molar refractivity (Wildman–Crippen MR) is 77.4 cm³/mol. The number of alkyl carbamates (subject to hydrolysis) is 1. The maximum Gasteiger partial charge on any atom is 0.408 e. The van der Waals surface area contributed by atoms with Crippen molar-refractivity contribution in [3.8, 4) is 0 Å². The number of hydrogen-bond donors (Lipinski definition) is 2. The van der Waals surface area contributed by atoms with Gasteiger partial charge in [-0.15, -0.1) is 0 Å². The summed E-state index contributed by atoms with van der Waals surface area (Å²) in [6, 6.07) is -0.862. The second kappa shape index (κ2) is 7.66. The van der Waals surface area contributed by atoms with Crippen LogP contribution < -0.4 is 10.6 Å². The number of carbonyl (C=O) groups is 3. The van der Waals surface area contributed by atoms with Crippen LogP contribution in [0, 0.1) is 0 Å². The van der Waals surface area contributed by atoms with Gasteiger partial charge in [-0.3, -0.25) is 4.79 Å². The lowest BCUT2D eigenvalue weighted by Gasteiger charge is -2.22. The van der Waals surface area contributed by atoms with Gasteiger partial charge in [0.2, 0.25) is 5.91 Å². The number of carbonyl (C=O) groups excluding carboxylic acids is 3. The van der Waals surface area contributed by atoms with Crippen LogP contribution in [0.1, 0.15) is 41.5 Å². The standard InChI is InChI=1S/C14H24N2O5/c1-8(2)10(12(18)20-7)16-11(17)9(3)15-13(19)21-14(4,5)6/h9H,1-7H3,(H,15,19)(H,16,17)/t9-/m0/s1. The van der Waals surface area contributed by atoms with E-state index in [1.54, 1.807) is 34.6 Å². The first-order valence-electron chi connectivity index (χ1n) is 6.54. The second-order valence-corrected chi connectivity index (χ2v) is 5.72. The zero-order chi connectivity index (χ0) is 16.8. The largest absolute Gasteiger partial charge is 0.464 e. The monoisotopic (exact) mass is 300 g/mol. The Balaban J connectivity index is 4.69. The maximum absolute atomic E-state index is 12.0. The van der Waals surface area contributed by atoms with Crippen molar-refractivity contribution in [1.82, 2.24) is 10.6 Å². The van der Waals surface area contributed by atoms with Crippen LogP contribution in [0.25, 0.3) is 0 Å². The van der Waals surface area contributed by atoms with Gasteiger partial charge in [0, 0.05) is 0 Å². The van der Waals surface area contributed by atoms with Gasteiger partial charge in [-0.2, -0.15) is 0 Å². The van der Waals surface area contributed by atoms with E-state index < -0.39 is 29.6 Å². The van der Waals surface area contributed by atoms with Crippen molar-refractivity contribution >= 4 is 18.0 Å². The Morgan fingerprint density at radius 3 is 2.00 bits per heavy atom. The van der Waals surface area contributed by atoms with E-state index in [9.17, 15) is 14.4 Å². The summed E-state index contributed by atoms with van der Waals surface area (Å²) < 4.78 is 9.62. The molecular formula is C14H24N2O5. The number of hydrogen-bond acceptors (Lipinski definition) is 5. The lowest BCUT2D eigenvalue weighted by molar-refractivity contribution is -0.138. The second-order valence-electron chi connectivity index (χ2n) is 5.72. The van der Waals surface area contributed by atoms with Gasteiger partial charge < -0.3 is 20.1 Å². The van der Waals surface area contributed by atoms with Gasteiger partial charge in [0.25, 0.3) is 0 Å². The van der Waals surface area contributed by atoms with E-state index in [0.717, 1.165) is 0 Å². The SMILES string of the molecule is COC(=O)C(NC(=O)[C@H](C)NC(=O)OC(C)(C)C)=C(C)C. The first-order chi connectivity index (χ1) is 9.47. The molecule has 1 atom stereocenters. The highest BCUT2D eigenvalue weighted by Gasteiger charge is 2.23. The quantitative estimate of drug-likeness (QED) is 0.606. The topological polar surface area (TPSA) is 93.7 Å². The summed E-state index contributed by atoms with van der Waals surface area (Å²) in [5, 5.41) is 4.82. The number of nitrogens with one attached hydrogen (secondary N) is 2.